The van der Waals surface area contributed by atoms with Crippen molar-refractivity contribution in [3.05, 3.63) is 101 Å². The number of methoxy groups -OCH3 is 1. The molecular weight excluding hydrogens is 446 g/mol. The van der Waals surface area contributed by atoms with Crippen LogP contribution in [0.2, 0.25) is 0 Å². The topological polar surface area (TPSA) is 45.1 Å². The molecule has 1 atom stereocenters. The maximum Gasteiger partial charge on any atom is 0.257 e. The lowest BCUT2D eigenvalue weighted by Crippen LogP contribution is -2.42. The van der Waals surface area contributed by atoms with Gasteiger partial charge < -0.3 is 4.74 Å². The summed E-state index contributed by atoms with van der Waals surface area (Å²) in [6.07, 6.45) is 4.09. The van der Waals surface area contributed by atoms with E-state index in [1.54, 1.807) is 12.1 Å². The lowest BCUT2D eigenvalue weighted by atomic mass is 9.90. The molecule has 2 heterocycles. The maximum absolute atomic E-state index is 13.6. The zero-order valence-corrected chi connectivity index (χ0v) is 21.3. The molecule has 5 heteroatoms. The fourth-order valence-electron chi connectivity index (χ4n) is 5.46. The van der Waals surface area contributed by atoms with Crippen LogP contribution < -0.4 is 4.74 Å². The van der Waals surface area contributed by atoms with Crippen molar-refractivity contribution in [2.24, 2.45) is 11.0 Å². The lowest BCUT2D eigenvalue weighted by Gasteiger charge is -2.33. The van der Waals surface area contributed by atoms with E-state index in [-0.39, 0.29) is 11.9 Å². The molecule has 0 radical (unpaired) electrons. The molecule has 0 spiro atoms. The largest absolute Gasteiger partial charge is 0.497 e. The molecule has 1 amide bonds. The van der Waals surface area contributed by atoms with Crippen molar-refractivity contribution < 1.29 is 9.53 Å². The molecule has 0 bridgehead atoms. The monoisotopic (exact) mass is 481 g/mol. The molecule has 0 unspecified atom stereocenters. The van der Waals surface area contributed by atoms with Crippen LogP contribution in [0.4, 0.5) is 0 Å². The molecule has 0 N–H and O–H groups in total. The molecule has 1 saturated heterocycles. The van der Waals surface area contributed by atoms with Gasteiger partial charge in [-0.05, 0) is 91.7 Å². The highest BCUT2D eigenvalue weighted by Gasteiger charge is 2.35. The molecule has 2 aliphatic rings. The second kappa shape index (κ2) is 11.1. The Labute approximate surface area is 214 Å². The van der Waals surface area contributed by atoms with Crippen LogP contribution in [-0.2, 0) is 11.2 Å². The number of amides is 1. The molecule has 5 rings (SSSR count). The summed E-state index contributed by atoms with van der Waals surface area (Å²) >= 11 is 0. The van der Waals surface area contributed by atoms with Crippen LogP contribution in [0.1, 0.15) is 47.6 Å². The Morgan fingerprint density at radius 2 is 1.64 bits per heavy atom. The number of hydrazone groups is 1. The van der Waals surface area contributed by atoms with E-state index in [0.717, 1.165) is 49.4 Å². The molecule has 3 aromatic rings. The molecule has 2 aliphatic heterocycles. The minimum absolute atomic E-state index is 0.0771. The number of aryl methyl sites for hydroxylation is 1. The van der Waals surface area contributed by atoms with Gasteiger partial charge in [0.15, 0.2) is 0 Å². The third kappa shape index (κ3) is 5.52. The highest BCUT2D eigenvalue weighted by Crippen LogP contribution is 2.35. The van der Waals surface area contributed by atoms with Crippen molar-refractivity contribution in [1.29, 1.82) is 0 Å². The van der Waals surface area contributed by atoms with Gasteiger partial charge in [-0.25, -0.2) is 5.01 Å². The molecule has 3 aromatic carbocycles. The normalized spacial score (nSPS) is 18.8. The van der Waals surface area contributed by atoms with E-state index in [1.807, 2.05) is 36.4 Å². The zero-order chi connectivity index (χ0) is 24.9. The smallest absolute Gasteiger partial charge is 0.257 e. The van der Waals surface area contributed by atoms with Crippen molar-refractivity contribution >= 4 is 11.6 Å². The Bertz CT molecular complexity index is 1200. The van der Waals surface area contributed by atoms with Crippen LogP contribution >= 0.6 is 0 Å². The first kappa shape index (κ1) is 24.3. The van der Waals surface area contributed by atoms with Crippen molar-refractivity contribution in [3.8, 4) is 5.75 Å². The molecule has 36 heavy (non-hydrogen) atoms. The highest BCUT2D eigenvalue weighted by atomic mass is 16.5. The van der Waals surface area contributed by atoms with E-state index in [9.17, 15) is 4.79 Å². The number of hydrogen-bond donors (Lipinski definition) is 0. The number of hydrogen-bond acceptors (Lipinski definition) is 4. The van der Waals surface area contributed by atoms with E-state index >= 15 is 0 Å². The van der Waals surface area contributed by atoms with Gasteiger partial charge in [-0.15, -0.1) is 0 Å². The first-order valence-corrected chi connectivity index (χ1v) is 13.0. The Morgan fingerprint density at radius 3 is 2.33 bits per heavy atom. The molecule has 0 saturated carbocycles. The van der Waals surface area contributed by atoms with Crippen LogP contribution in [0.15, 0.2) is 84.0 Å². The first-order chi connectivity index (χ1) is 17.6. The number of rotatable bonds is 7. The summed E-state index contributed by atoms with van der Waals surface area (Å²) in [5, 5.41) is 6.63. The van der Waals surface area contributed by atoms with Gasteiger partial charge in [-0.3, -0.25) is 9.69 Å². The molecule has 1 fully saturated rings. The summed E-state index contributed by atoms with van der Waals surface area (Å²) < 4.78 is 5.31. The number of carbonyl (C=O) groups excluding carboxylic acids is 1. The highest BCUT2D eigenvalue weighted by molar-refractivity contribution is 6.03. The molecular formula is C31H35N3O2. The number of carbonyl (C=O) groups is 1. The Kier molecular flexibility index (Phi) is 7.47. The lowest BCUT2D eigenvalue weighted by molar-refractivity contribution is -0.134. The van der Waals surface area contributed by atoms with Crippen LogP contribution in [0, 0.1) is 12.8 Å². The van der Waals surface area contributed by atoms with Gasteiger partial charge in [0.25, 0.3) is 5.91 Å². The summed E-state index contributed by atoms with van der Waals surface area (Å²) in [5.41, 5.74) is 5.74. The van der Waals surface area contributed by atoms with Gasteiger partial charge in [0.1, 0.15) is 5.75 Å². The average Bonchev–Trinajstić information content (AvgIpc) is 3.36. The summed E-state index contributed by atoms with van der Waals surface area (Å²) in [5.74, 6) is 1.58. The van der Waals surface area contributed by atoms with Crippen molar-refractivity contribution in [2.75, 3.05) is 26.7 Å². The number of ether oxygens (including phenoxy) is 1. The number of piperidine rings is 1. The van der Waals surface area contributed by atoms with Gasteiger partial charge in [0.2, 0.25) is 0 Å². The van der Waals surface area contributed by atoms with Crippen molar-refractivity contribution in [1.82, 2.24) is 9.91 Å². The number of benzene rings is 3. The minimum Gasteiger partial charge on any atom is -0.497 e. The van der Waals surface area contributed by atoms with Gasteiger partial charge in [0, 0.05) is 6.42 Å². The SMILES string of the molecule is COc1ccc(C2=NN(C(=O)CN3CCC(Cc4ccccc4)CC3)[C@H](c3ccccc3C)C2)cc1. The van der Waals surface area contributed by atoms with Gasteiger partial charge >= 0.3 is 0 Å². The van der Waals surface area contributed by atoms with E-state index in [0.29, 0.717) is 18.9 Å². The standard InChI is InChI=1S/C31H35N3O2/c1-23-8-6-7-11-28(23)30-21-29(26-12-14-27(36-2)15-13-26)32-34(30)31(35)22-33-18-16-25(17-19-33)20-24-9-4-3-5-10-24/h3-15,25,30H,16-22H2,1-2H3/t30-/m0/s1. The van der Waals surface area contributed by atoms with Gasteiger partial charge in [-0.2, -0.15) is 5.10 Å². The van der Waals surface area contributed by atoms with Crippen molar-refractivity contribution in [3.63, 3.8) is 0 Å². The summed E-state index contributed by atoms with van der Waals surface area (Å²) in [6, 6.07) is 26.9. The molecule has 0 aliphatic carbocycles. The van der Waals surface area contributed by atoms with E-state index in [1.165, 1.54) is 16.7 Å². The second-order valence-corrected chi connectivity index (χ2v) is 10.00. The Balaban J connectivity index is 1.28. The predicted molar refractivity (Wildman–Crippen MR) is 144 cm³/mol. The molecule has 5 nitrogen and oxygen atoms in total. The fraction of sp³-hybridized carbons (Fsp3) is 0.355. The van der Waals surface area contributed by atoms with Crippen LogP contribution in [0.3, 0.4) is 0 Å². The third-order valence-corrected chi connectivity index (χ3v) is 7.57. The number of likely N-dealkylation sites (tertiary alicyclic amines) is 1. The third-order valence-electron chi connectivity index (χ3n) is 7.57. The Hall–Kier alpha value is -3.44. The van der Waals surface area contributed by atoms with Crippen LogP contribution in [0.25, 0.3) is 0 Å². The summed E-state index contributed by atoms with van der Waals surface area (Å²) in [7, 11) is 1.67. The molecule has 0 aromatic heterocycles. The van der Waals surface area contributed by atoms with Crippen LogP contribution in [-0.4, -0.2) is 48.3 Å². The molecule has 186 valence electrons. The average molecular weight is 482 g/mol. The Morgan fingerprint density at radius 1 is 0.944 bits per heavy atom. The predicted octanol–water partition coefficient (Wildman–Crippen LogP) is 5.64. The zero-order valence-electron chi connectivity index (χ0n) is 21.3. The van der Waals surface area contributed by atoms with Crippen molar-refractivity contribution in [2.45, 2.75) is 38.6 Å². The van der Waals surface area contributed by atoms with Gasteiger partial charge in [0.05, 0.1) is 25.4 Å². The van der Waals surface area contributed by atoms with Crippen LogP contribution in [0.5, 0.6) is 5.75 Å². The minimum atomic E-state index is -0.0774. The maximum atomic E-state index is 13.6. The number of nitrogens with zero attached hydrogens (tertiary/aromatic N) is 3. The van der Waals surface area contributed by atoms with Gasteiger partial charge in [-0.1, -0.05) is 54.6 Å². The van der Waals surface area contributed by atoms with E-state index in [4.69, 9.17) is 9.84 Å². The fourth-order valence-corrected chi connectivity index (χ4v) is 5.46. The van der Waals surface area contributed by atoms with E-state index in [2.05, 4.69) is 54.3 Å². The summed E-state index contributed by atoms with van der Waals surface area (Å²) in [6.45, 7) is 4.45. The summed E-state index contributed by atoms with van der Waals surface area (Å²) in [4.78, 5) is 15.9. The quantitative estimate of drug-likeness (QED) is 0.439. The second-order valence-electron chi connectivity index (χ2n) is 10.00. The van der Waals surface area contributed by atoms with E-state index < -0.39 is 0 Å². The first-order valence-electron chi connectivity index (χ1n) is 13.0.